The Hall–Kier alpha value is -4.86. The Morgan fingerprint density at radius 1 is 0.588 bits per heavy atom. The van der Waals surface area contributed by atoms with Crippen LogP contribution in [-0.4, -0.2) is 95.5 Å². The highest BCUT2D eigenvalue weighted by Gasteiger charge is 2.39. The van der Waals surface area contributed by atoms with Crippen molar-refractivity contribution >= 4 is 47.6 Å². The van der Waals surface area contributed by atoms with Crippen LogP contribution in [0.5, 0.6) is 0 Å². The number of aliphatic hydroxyl groups excluding tert-OH is 1. The molecule has 388 valence electrons. The van der Waals surface area contributed by atoms with E-state index in [1.54, 1.807) is 13.8 Å². The molecule has 16 nitrogen and oxygen atoms in total. The predicted octanol–water partition coefficient (Wildman–Crippen LogP) is 9.57. The van der Waals surface area contributed by atoms with Crippen molar-refractivity contribution in [2.75, 3.05) is 0 Å². The van der Waals surface area contributed by atoms with Crippen molar-refractivity contribution < 1.29 is 78.8 Å². The summed E-state index contributed by atoms with van der Waals surface area (Å²) in [7, 11) is 0. The first-order chi connectivity index (χ1) is 31.6. The topological polar surface area (TPSA) is 287 Å². The van der Waals surface area contributed by atoms with E-state index in [0.717, 1.165) is 17.6 Å². The first-order valence-electron chi connectivity index (χ1n) is 24.4. The minimum absolute atomic E-state index is 0.0217. The van der Waals surface area contributed by atoms with Crippen LogP contribution in [0.25, 0.3) is 0 Å². The molecule has 0 saturated heterocycles. The predicted molar refractivity (Wildman–Crippen MR) is 256 cm³/mol. The highest BCUT2D eigenvalue weighted by molar-refractivity contribution is 5.85. The average molecular weight is 965 g/mol. The van der Waals surface area contributed by atoms with Gasteiger partial charge in [-0.1, -0.05) is 90.8 Å². The van der Waals surface area contributed by atoms with Crippen LogP contribution in [0.15, 0.2) is 35.5 Å². The molecular formula is C52H84O16. The highest BCUT2D eigenvalue weighted by Crippen LogP contribution is 2.31. The van der Waals surface area contributed by atoms with Crippen LogP contribution in [0.4, 0.5) is 0 Å². The second-order valence-corrected chi connectivity index (χ2v) is 19.7. The summed E-state index contributed by atoms with van der Waals surface area (Å²) in [5.74, 6) is -15.9. The molecule has 0 fully saturated rings. The van der Waals surface area contributed by atoms with Crippen LogP contribution in [0.2, 0.25) is 0 Å². The number of hydrogen-bond acceptors (Lipinski definition) is 10. The summed E-state index contributed by atoms with van der Waals surface area (Å²) in [4.78, 5) is 95.4. The maximum atomic E-state index is 13.1. The normalized spacial score (nSPS) is 18.1. The zero-order valence-corrected chi connectivity index (χ0v) is 42.2. The number of allylic oxidation sites excluding steroid dienone is 5. The molecule has 0 bridgehead atoms. The Balaban J connectivity index is 5.59. The SMILES string of the molecule is CCC(CC(C)C(=O)O)C(=O)CCC(C)=CC(C)CC(C)=CC(C)C(O)C(C)CCC(CCCCC=CC(C)CCC(C)C(C(=O)O)C(CC(=O)O)C(=O)O)OC(=O)CC(C(=O)O)C(C)C(=O)O. The molecule has 0 aromatic heterocycles. The maximum absolute atomic E-state index is 13.1. The van der Waals surface area contributed by atoms with Gasteiger partial charge in [0.2, 0.25) is 0 Å². The summed E-state index contributed by atoms with van der Waals surface area (Å²) >= 11 is 0. The highest BCUT2D eigenvalue weighted by atomic mass is 16.5. The van der Waals surface area contributed by atoms with Gasteiger partial charge in [-0.15, -0.1) is 0 Å². The van der Waals surface area contributed by atoms with Crippen LogP contribution in [0.1, 0.15) is 166 Å². The number of hydrogen-bond donors (Lipinski definition) is 7. The molecule has 7 N–H and O–H groups in total. The second-order valence-electron chi connectivity index (χ2n) is 19.7. The number of carboxylic acids is 6. The quantitative estimate of drug-likeness (QED) is 0.0172. The number of unbranched alkanes of at least 4 members (excludes halogenated alkanes) is 2. The molecule has 0 aromatic carbocycles. The van der Waals surface area contributed by atoms with E-state index < -0.39 is 102 Å². The fourth-order valence-corrected chi connectivity index (χ4v) is 8.93. The van der Waals surface area contributed by atoms with Gasteiger partial charge in [-0.3, -0.25) is 38.4 Å². The molecule has 68 heavy (non-hydrogen) atoms. The third-order valence-electron chi connectivity index (χ3n) is 13.3. The van der Waals surface area contributed by atoms with Gasteiger partial charge in [-0.25, -0.2) is 0 Å². The number of aliphatic carboxylic acids is 6. The Labute approximate surface area is 403 Å². The molecule has 0 spiro atoms. The lowest BCUT2D eigenvalue weighted by atomic mass is 9.78. The summed E-state index contributed by atoms with van der Waals surface area (Å²) in [6.07, 6.45) is 12.3. The van der Waals surface area contributed by atoms with E-state index in [9.17, 15) is 69.0 Å². The van der Waals surface area contributed by atoms with Crippen molar-refractivity contribution in [2.45, 2.75) is 178 Å². The van der Waals surface area contributed by atoms with E-state index in [-0.39, 0.29) is 35.4 Å². The lowest BCUT2D eigenvalue weighted by Gasteiger charge is -2.26. The van der Waals surface area contributed by atoms with E-state index in [1.165, 1.54) is 6.92 Å². The number of carbonyl (C=O) groups is 8. The average Bonchev–Trinajstić information content (AvgIpc) is 3.24. The monoisotopic (exact) mass is 965 g/mol. The smallest absolute Gasteiger partial charge is 0.307 e. The molecule has 13 unspecified atom stereocenters. The van der Waals surface area contributed by atoms with Crippen molar-refractivity contribution in [3.63, 3.8) is 0 Å². The molecule has 0 rings (SSSR count). The van der Waals surface area contributed by atoms with E-state index in [0.29, 0.717) is 77.0 Å². The fraction of sp³-hybridized carbons (Fsp3) is 0.731. The summed E-state index contributed by atoms with van der Waals surface area (Å²) in [6, 6.07) is 0. The van der Waals surface area contributed by atoms with Gasteiger partial charge in [0.25, 0.3) is 0 Å². The summed E-state index contributed by atoms with van der Waals surface area (Å²) in [5, 5.41) is 68.0. The van der Waals surface area contributed by atoms with Crippen molar-refractivity contribution in [1.82, 2.24) is 0 Å². The number of rotatable bonds is 38. The van der Waals surface area contributed by atoms with Gasteiger partial charge in [0.15, 0.2) is 0 Å². The molecular weight excluding hydrogens is 881 g/mol. The maximum Gasteiger partial charge on any atom is 0.307 e. The van der Waals surface area contributed by atoms with E-state index in [2.05, 4.69) is 13.0 Å². The van der Waals surface area contributed by atoms with Gasteiger partial charge in [0.05, 0.1) is 48.5 Å². The summed E-state index contributed by atoms with van der Waals surface area (Å²) in [5.41, 5.74) is 2.17. The zero-order chi connectivity index (χ0) is 52.4. The van der Waals surface area contributed by atoms with Crippen molar-refractivity contribution in [1.29, 1.82) is 0 Å². The molecule has 13 atom stereocenters. The summed E-state index contributed by atoms with van der Waals surface area (Å²) < 4.78 is 5.79. The first-order valence-corrected chi connectivity index (χ1v) is 24.4. The molecule has 0 aromatic rings. The largest absolute Gasteiger partial charge is 0.481 e. The number of carbonyl (C=O) groups excluding carboxylic acids is 2. The van der Waals surface area contributed by atoms with E-state index in [1.807, 2.05) is 59.8 Å². The van der Waals surface area contributed by atoms with Gasteiger partial charge in [0.1, 0.15) is 11.9 Å². The molecule has 0 aliphatic rings. The number of carboxylic acid groups (broad SMARTS) is 6. The molecule has 0 saturated carbocycles. The van der Waals surface area contributed by atoms with Gasteiger partial charge in [-0.05, 0) is 115 Å². The van der Waals surface area contributed by atoms with E-state index >= 15 is 0 Å². The van der Waals surface area contributed by atoms with Crippen LogP contribution < -0.4 is 0 Å². The van der Waals surface area contributed by atoms with Crippen LogP contribution in [0, 0.1) is 65.1 Å². The fourth-order valence-electron chi connectivity index (χ4n) is 8.93. The van der Waals surface area contributed by atoms with Crippen molar-refractivity contribution in [3.8, 4) is 0 Å². The number of ketones is 1. The molecule has 0 aliphatic heterocycles. The molecule has 0 amide bonds. The summed E-state index contributed by atoms with van der Waals surface area (Å²) in [6.45, 7) is 18.2. The number of ether oxygens (including phenoxy) is 1. The Kier molecular flexibility index (Phi) is 30.5. The standard InChI is InChI=1S/C52H84O16/c1-11-39(27-37(9)48(58)59)43(53)23-19-31(3)24-32(4)25-33(5)26-36(8)47(57)35(7)21-22-40(68-45(56)29-41(50(62)63)38(10)49(60)61)17-15-13-12-14-16-30(2)18-20-34(6)46(52(66)67)42(51(64)65)28-44(54)55/h14,16,24,26,30,32,34-42,46-47,57H,11-13,15,17-23,25,27-29H2,1-10H3,(H,54,55)(H,58,59)(H,60,61)(H,62,63)(H,64,65)(H,66,67). The van der Waals surface area contributed by atoms with Gasteiger partial charge >= 0.3 is 41.8 Å². The van der Waals surface area contributed by atoms with Gasteiger partial charge in [-0.2, -0.15) is 0 Å². The van der Waals surface area contributed by atoms with Crippen molar-refractivity contribution in [3.05, 3.63) is 35.5 Å². The molecule has 0 heterocycles. The van der Waals surface area contributed by atoms with Crippen molar-refractivity contribution in [2.24, 2.45) is 65.1 Å². The van der Waals surface area contributed by atoms with Crippen LogP contribution >= 0.6 is 0 Å². The minimum atomic E-state index is -1.55. The van der Waals surface area contributed by atoms with Crippen LogP contribution in [-0.2, 0) is 43.1 Å². The first kappa shape index (κ1) is 63.1. The third kappa shape index (κ3) is 25.5. The Morgan fingerprint density at radius 3 is 1.72 bits per heavy atom. The van der Waals surface area contributed by atoms with Gasteiger partial charge < -0.3 is 40.5 Å². The van der Waals surface area contributed by atoms with Crippen LogP contribution in [0.3, 0.4) is 0 Å². The number of Topliss-reactive ketones (excluding diaryl/α,β-unsaturated/α-hetero) is 1. The van der Waals surface area contributed by atoms with E-state index in [4.69, 9.17) is 9.84 Å². The lowest BCUT2D eigenvalue weighted by molar-refractivity contribution is -0.160. The third-order valence-corrected chi connectivity index (χ3v) is 13.3. The molecule has 0 radical (unpaired) electrons. The lowest BCUT2D eigenvalue weighted by Crippen LogP contribution is -2.36. The zero-order valence-electron chi connectivity index (χ0n) is 42.2. The Bertz CT molecular complexity index is 1730. The molecule has 16 heteroatoms. The Morgan fingerprint density at radius 2 is 1.19 bits per heavy atom. The van der Waals surface area contributed by atoms with Gasteiger partial charge in [0, 0.05) is 18.3 Å². The minimum Gasteiger partial charge on any atom is -0.481 e. The second kappa shape index (κ2) is 32.8. The molecule has 0 aliphatic carbocycles. The number of esters is 1. The number of aliphatic hydroxyl groups is 1.